The molecule has 0 aliphatic rings. The predicted molar refractivity (Wildman–Crippen MR) is 40.2 cm³/mol. The van der Waals surface area contributed by atoms with E-state index in [0.29, 0.717) is 0 Å². The van der Waals surface area contributed by atoms with E-state index in [9.17, 15) is 0 Å². The molecule has 0 aromatic rings. The zero-order chi connectivity index (χ0) is 6.08. The molecule has 0 saturated heterocycles. The molecule has 0 fully saturated rings. The van der Waals surface area contributed by atoms with E-state index in [4.69, 9.17) is 0 Å². The van der Waals surface area contributed by atoms with Crippen LogP contribution in [-0.2, 0) is 0 Å². The minimum atomic E-state index is -0.435. The van der Waals surface area contributed by atoms with Gasteiger partial charge < -0.3 is 0 Å². The van der Waals surface area contributed by atoms with Gasteiger partial charge in [-0.15, -0.1) is 0 Å². The van der Waals surface area contributed by atoms with Gasteiger partial charge in [-0.2, -0.15) is 0 Å². The lowest BCUT2D eigenvalue weighted by molar-refractivity contribution is 1.69. The Labute approximate surface area is 47.9 Å². The SMILES string of the molecule is C=C(C)S(C)(C)C. The summed E-state index contributed by atoms with van der Waals surface area (Å²) in [7, 11) is -0.435. The topological polar surface area (TPSA) is 0 Å². The molecule has 0 nitrogen and oxygen atoms in total. The van der Waals surface area contributed by atoms with Crippen molar-refractivity contribution in [2.75, 3.05) is 18.8 Å². The molecule has 44 valence electrons. The number of hydrogen-bond acceptors (Lipinski definition) is 0. The van der Waals surface area contributed by atoms with Crippen LogP contribution >= 0.6 is 10.0 Å². The fourth-order valence-electron chi connectivity index (χ4n) is 0. The van der Waals surface area contributed by atoms with Crippen LogP contribution in [-0.4, -0.2) is 18.8 Å². The van der Waals surface area contributed by atoms with Crippen LogP contribution in [0.5, 0.6) is 0 Å². The monoisotopic (exact) mass is 118 g/mol. The number of rotatable bonds is 1. The van der Waals surface area contributed by atoms with E-state index in [1.165, 1.54) is 4.91 Å². The maximum atomic E-state index is 3.86. The molecule has 0 unspecified atom stereocenters. The second-order valence-electron chi connectivity index (χ2n) is 2.54. The molecule has 0 N–H and O–H groups in total. The molecule has 0 amide bonds. The van der Waals surface area contributed by atoms with Gasteiger partial charge in [-0.05, 0) is 30.6 Å². The first kappa shape index (κ1) is 7.09. The lowest BCUT2D eigenvalue weighted by Crippen LogP contribution is -1.89. The smallest absolute Gasteiger partial charge is 0.0313 e. The van der Waals surface area contributed by atoms with E-state index in [0.717, 1.165) is 0 Å². The van der Waals surface area contributed by atoms with Crippen molar-refractivity contribution in [3.8, 4) is 0 Å². The molecule has 0 spiro atoms. The van der Waals surface area contributed by atoms with Gasteiger partial charge in [-0.25, -0.2) is 10.0 Å². The third kappa shape index (κ3) is 2.75. The largest absolute Gasteiger partial charge is 0.228 e. The predicted octanol–water partition coefficient (Wildman–Crippen LogP) is 2.21. The van der Waals surface area contributed by atoms with E-state index in [1.807, 2.05) is 0 Å². The van der Waals surface area contributed by atoms with Gasteiger partial charge >= 0.3 is 0 Å². The van der Waals surface area contributed by atoms with Crippen LogP contribution in [0.2, 0.25) is 0 Å². The first-order valence-corrected chi connectivity index (χ1v) is 5.14. The van der Waals surface area contributed by atoms with Gasteiger partial charge in [-0.1, -0.05) is 6.58 Å². The molecule has 1 heteroatoms. The Morgan fingerprint density at radius 3 is 1.43 bits per heavy atom. The van der Waals surface area contributed by atoms with Crippen molar-refractivity contribution in [2.45, 2.75) is 6.92 Å². The van der Waals surface area contributed by atoms with E-state index in [-0.39, 0.29) is 0 Å². The highest BCUT2D eigenvalue weighted by Gasteiger charge is 2.01. The van der Waals surface area contributed by atoms with Gasteiger partial charge in [0.15, 0.2) is 0 Å². The van der Waals surface area contributed by atoms with E-state index < -0.39 is 10.0 Å². The Hall–Kier alpha value is 0.0900. The van der Waals surface area contributed by atoms with Crippen molar-refractivity contribution >= 4 is 10.0 Å². The van der Waals surface area contributed by atoms with Crippen LogP contribution in [0, 0.1) is 0 Å². The number of allylic oxidation sites excluding steroid dienone is 1. The van der Waals surface area contributed by atoms with Crippen molar-refractivity contribution in [2.24, 2.45) is 0 Å². The molecule has 7 heavy (non-hydrogen) atoms. The van der Waals surface area contributed by atoms with Gasteiger partial charge in [0, 0.05) is 0 Å². The lowest BCUT2D eigenvalue weighted by atomic mass is 10.8. The standard InChI is InChI=1S/C6H14S/c1-6(2)7(3,4)5/h1H2,2-5H3. The fraction of sp³-hybridized carbons (Fsp3) is 0.667. The Balaban J connectivity index is 3.79. The Morgan fingerprint density at radius 2 is 1.43 bits per heavy atom. The molecule has 0 aromatic heterocycles. The molecule has 0 aliphatic heterocycles. The highest BCUT2D eigenvalue weighted by molar-refractivity contribution is 8.35. The third-order valence-electron chi connectivity index (χ3n) is 1.05. The summed E-state index contributed by atoms with van der Waals surface area (Å²) in [6.07, 6.45) is 6.74. The summed E-state index contributed by atoms with van der Waals surface area (Å²) in [4.78, 5) is 1.33. The summed E-state index contributed by atoms with van der Waals surface area (Å²) in [5.74, 6) is 0. The Morgan fingerprint density at radius 1 is 1.29 bits per heavy atom. The van der Waals surface area contributed by atoms with Gasteiger partial charge in [0.2, 0.25) is 0 Å². The quantitative estimate of drug-likeness (QED) is 0.495. The minimum absolute atomic E-state index is 0.435. The van der Waals surface area contributed by atoms with Crippen molar-refractivity contribution in [1.82, 2.24) is 0 Å². The molecular weight excluding hydrogens is 104 g/mol. The molecule has 0 radical (unpaired) electrons. The van der Waals surface area contributed by atoms with Crippen molar-refractivity contribution < 1.29 is 0 Å². The van der Waals surface area contributed by atoms with Gasteiger partial charge in [0.25, 0.3) is 0 Å². The van der Waals surface area contributed by atoms with Crippen molar-refractivity contribution in [3.05, 3.63) is 11.5 Å². The first-order valence-electron chi connectivity index (χ1n) is 2.28. The molecule has 0 heterocycles. The van der Waals surface area contributed by atoms with Gasteiger partial charge in [0.05, 0.1) is 0 Å². The molecule has 0 rings (SSSR count). The van der Waals surface area contributed by atoms with Crippen LogP contribution in [0.4, 0.5) is 0 Å². The zero-order valence-electron chi connectivity index (χ0n) is 5.62. The highest BCUT2D eigenvalue weighted by Crippen LogP contribution is 2.42. The Kier molecular flexibility index (Phi) is 1.93. The molecule has 0 aliphatic carbocycles. The summed E-state index contributed by atoms with van der Waals surface area (Å²) in [6, 6.07) is 0. The van der Waals surface area contributed by atoms with Crippen LogP contribution in [0.15, 0.2) is 11.5 Å². The maximum Gasteiger partial charge on any atom is -0.0313 e. The minimum Gasteiger partial charge on any atom is -0.228 e. The second-order valence-corrected chi connectivity index (χ2v) is 6.91. The van der Waals surface area contributed by atoms with E-state index in [2.05, 4.69) is 32.3 Å². The summed E-state index contributed by atoms with van der Waals surface area (Å²) in [5, 5.41) is 0. The maximum absolute atomic E-state index is 3.86. The van der Waals surface area contributed by atoms with Gasteiger partial charge in [0.1, 0.15) is 0 Å². The first-order chi connectivity index (χ1) is 2.94. The van der Waals surface area contributed by atoms with Crippen LogP contribution in [0.3, 0.4) is 0 Å². The summed E-state index contributed by atoms with van der Waals surface area (Å²) in [6.45, 7) is 5.96. The van der Waals surface area contributed by atoms with Crippen molar-refractivity contribution in [1.29, 1.82) is 0 Å². The summed E-state index contributed by atoms with van der Waals surface area (Å²) >= 11 is 0. The average molecular weight is 118 g/mol. The average Bonchev–Trinajstić information content (AvgIpc) is 1.31. The Bertz CT molecular complexity index is 76.7. The summed E-state index contributed by atoms with van der Waals surface area (Å²) < 4.78 is 0. The van der Waals surface area contributed by atoms with Gasteiger partial charge in [-0.3, -0.25) is 0 Å². The summed E-state index contributed by atoms with van der Waals surface area (Å²) in [5.41, 5.74) is 0. The highest BCUT2D eigenvalue weighted by atomic mass is 32.3. The molecule has 0 aromatic carbocycles. The fourth-order valence-corrected chi connectivity index (χ4v) is 0. The normalized spacial score (nSPS) is 13.7. The zero-order valence-corrected chi connectivity index (χ0v) is 6.43. The number of hydrogen-bond donors (Lipinski definition) is 0. The van der Waals surface area contributed by atoms with E-state index >= 15 is 0 Å². The van der Waals surface area contributed by atoms with Crippen molar-refractivity contribution in [3.63, 3.8) is 0 Å². The lowest BCUT2D eigenvalue weighted by Gasteiger charge is -2.24. The molecule has 0 bridgehead atoms. The van der Waals surface area contributed by atoms with E-state index in [1.54, 1.807) is 0 Å². The third-order valence-corrected chi connectivity index (χ3v) is 3.14. The van der Waals surface area contributed by atoms with Crippen LogP contribution < -0.4 is 0 Å². The van der Waals surface area contributed by atoms with Crippen LogP contribution in [0.1, 0.15) is 6.92 Å². The molecular formula is C6H14S. The molecule has 0 atom stereocenters. The molecule has 0 saturated carbocycles. The second kappa shape index (κ2) is 1.91. The van der Waals surface area contributed by atoms with Crippen LogP contribution in [0.25, 0.3) is 0 Å².